The van der Waals surface area contributed by atoms with Crippen LogP contribution in [0.4, 0.5) is 5.13 Å². The molecule has 8 nitrogen and oxygen atoms in total. The van der Waals surface area contributed by atoms with E-state index in [0.717, 1.165) is 24.3 Å². The summed E-state index contributed by atoms with van der Waals surface area (Å²) in [5, 5.41) is 14.6. The third-order valence-electron chi connectivity index (χ3n) is 3.41. The van der Waals surface area contributed by atoms with Crippen LogP contribution in [0.25, 0.3) is 0 Å². The van der Waals surface area contributed by atoms with Crippen LogP contribution < -0.4 is 10.6 Å². The molecule has 2 heterocycles. The van der Waals surface area contributed by atoms with Crippen LogP contribution in [0.2, 0.25) is 0 Å². The van der Waals surface area contributed by atoms with Gasteiger partial charge in [0.2, 0.25) is 22.9 Å². The van der Waals surface area contributed by atoms with Gasteiger partial charge in [-0.1, -0.05) is 24.7 Å². The normalized spacial score (nSPS) is 14.5. The molecule has 2 N–H and O–H groups in total. The quantitative estimate of drug-likeness (QED) is 0.755. The number of amides is 3. The molecule has 0 atom stereocenters. The third-order valence-corrected chi connectivity index (χ3v) is 4.31. The molecule has 0 unspecified atom stereocenters. The van der Waals surface area contributed by atoms with Crippen LogP contribution in [-0.2, 0) is 20.8 Å². The van der Waals surface area contributed by atoms with Gasteiger partial charge in [-0.15, -0.1) is 10.2 Å². The lowest BCUT2D eigenvalue weighted by Gasteiger charge is -2.26. The van der Waals surface area contributed by atoms with Crippen molar-refractivity contribution >= 4 is 34.2 Å². The Morgan fingerprint density at radius 3 is 2.91 bits per heavy atom. The highest BCUT2D eigenvalue weighted by Gasteiger charge is 2.21. The number of carbonyl (C=O) groups is 3. The molecular weight excluding hydrogens is 318 g/mol. The summed E-state index contributed by atoms with van der Waals surface area (Å²) in [6.07, 6.45) is 3.14. The van der Waals surface area contributed by atoms with E-state index in [0.29, 0.717) is 18.2 Å². The number of rotatable bonds is 7. The van der Waals surface area contributed by atoms with E-state index in [-0.39, 0.29) is 37.1 Å². The number of nitrogens with one attached hydrogen (secondary N) is 2. The number of aromatic nitrogens is 2. The molecule has 1 aliphatic rings. The smallest absolute Gasteiger partial charge is 0.239 e. The highest BCUT2D eigenvalue weighted by molar-refractivity contribution is 7.15. The number of piperazine rings is 1. The lowest BCUT2D eigenvalue weighted by molar-refractivity contribution is -0.138. The Morgan fingerprint density at radius 1 is 1.35 bits per heavy atom. The monoisotopic (exact) mass is 339 g/mol. The Kier molecular flexibility index (Phi) is 6.45. The van der Waals surface area contributed by atoms with Gasteiger partial charge in [-0.3, -0.25) is 14.4 Å². The Morgan fingerprint density at radius 2 is 2.17 bits per heavy atom. The Bertz CT molecular complexity index is 575. The van der Waals surface area contributed by atoms with Crippen LogP contribution in [0.5, 0.6) is 0 Å². The molecule has 0 radical (unpaired) electrons. The van der Waals surface area contributed by atoms with Gasteiger partial charge >= 0.3 is 0 Å². The number of nitrogens with zero attached hydrogens (tertiary/aromatic N) is 3. The van der Waals surface area contributed by atoms with Crippen molar-refractivity contribution < 1.29 is 14.4 Å². The van der Waals surface area contributed by atoms with Crippen LogP contribution in [0.15, 0.2) is 0 Å². The minimum Gasteiger partial charge on any atom is -0.353 e. The summed E-state index contributed by atoms with van der Waals surface area (Å²) in [7, 11) is 0. The molecule has 1 aromatic heterocycles. The van der Waals surface area contributed by atoms with Crippen molar-refractivity contribution in [3.05, 3.63) is 5.01 Å². The van der Waals surface area contributed by atoms with Crippen molar-refractivity contribution in [2.24, 2.45) is 0 Å². The molecule has 1 aromatic rings. The van der Waals surface area contributed by atoms with E-state index in [1.54, 1.807) is 0 Å². The van der Waals surface area contributed by atoms with E-state index >= 15 is 0 Å². The standard InChI is InChI=1S/C14H21N5O3S/c1-2-3-4-12-17-18-14(23-12)16-10(20)5-6-13(22)19-8-7-15-11(21)9-19/h2-9H2,1H3,(H,15,21)(H,16,18,20). The van der Waals surface area contributed by atoms with Crippen molar-refractivity contribution in [2.75, 3.05) is 25.0 Å². The molecule has 9 heteroatoms. The molecule has 0 bridgehead atoms. The number of anilines is 1. The molecule has 0 aromatic carbocycles. The number of aryl methyl sites for hydroxylation is 1. The maximum atomic E-state index is 12.0. The van der Waals surface area contributed by atoms with Gasteiger partial charge in [0.15, 0.2) is 0 Å². The molecule has 0 aliphatic carbocycles. The van der Waals surface area contributed by atoms with Crippen molar-refractivity contribution in [3.63, 3.8) is 0 Å². The predicted molar refractivity (Wildman–Crippen MR) is 86.0 cm³/mol. The summed E-state index contributed by atoms with van der Waals surface area (Å²) in [5.74, 6) is -0.614. The molecule has 126 valence electrons. The number of hydrogen-bond acceptors (Lipinski definition) is 6. The maximum absolute atomic E-state index is 12.0. The van der Waals surface area contributed by atoms with Gasteiger partial charge < -0.3 is 15.5 Å². The van der Waals surface area contributed by atoms with Crippen LogP contribution in [0.3, 0.4) is 0 Å². The highest BCUT2D eigenvalue weighted by atomic mass is 32.1. The average molecular weight is 339 g/mol. The zero-order chi connectivity index (χ0) is 16.7. The third kappa shape index (κ3) is 5.59. The zero-order valence-electron chi connectivity index (χ0n) is 13.1. The summed E-state index contributed by atoms with van der Waals surface area (Å²) < 4.78 is 0. The van der Waals surface area contributed by atoms with Crippen molar-refractivity contribution in [3.8, 4) is 0 Å². The number of unbranched alkanes of at least 4 members (excludes halogenated alkanes) is 1. The van der Waals surface area contributed by atoms with Crippen LogP contribution in [0.1, 0.15) is 37.6 Å². The number of hydrogen-bond donors (Lipinski definition) is 2. The first-order valence-corrected chi connectivity index (χ1v) is 8.57. The molecule has 1 aliphatic heterocycles. The maximum Gasteiger partial charge on any atom is 0.239 e. The summed E-state index contributed by atoms with van der Waals surface area (Å²) in [5.41, 5.74) is 0. The highest BCUT2D eigenvalue weighted by Crippen LogP contribution is 2.17. The van der Waals surface area contributed by atoms with E-state index in [2.05, 4.69) is 27.8 Å². The lowest BCUT2D eigenvalue weighted by Crippen LogP contribution is -2.50. The van der Waals surface area contributed by atoms with Gasteiger partial charge in [0.25, 0.3) is 0 Å². The second-order valence-corrected chi connectivity index (χ2v) is 6.38. The number of carbonyl (C=O) groups excluding carboxylic acids is 3. The molecule has 0 saturated carbocycles. The molecule has 3 amide bonds. The largest absolute Gasteiger partial charge is 0.353 e. The zero-order valence-corrected chi connectivity index (χ0v) is 13.9. The van der Waals surface area contributed by atoms with Crippen LogP contribution in [0, 0.1) is 0 Å². The van der Waals surface area contributed by atoms with Gasteiger partial charge in [-0.2, -0.15) is 0 Å². The first kappa shape index (κ1) is 17.3. The minimum absolute atomic E-state index is 0.0671. The van der Waals surface area contributed by atoms with Gasteiger partial charge in [-0.25, -0.2) is 0 Å². The minimum atomic E-state index is -0.266. The average Bonchev–Trinajstić information content (AvgIpc) is 2.98. The van der Waals surface area contributed by atoms with Crippen LogP contribution in [-0.4, -0.2) is 52.5 Å². The van der Waals surface area contributed by atoms with Crippen molar-refractivity contribution in [1.82, 2.24) is 20.4 Å². The fourth-order valence-electron chi connectivity index (χ4n) is 2.14. The van der Waals surface area contributed by atoms with E-state index in [9.17, 15) is 14.4 Å². The fourth-order valence-corrected chi connectivity index (χ4v) is 2.94. The summed E-state index contributed by atoms with van der Waals surface area (Å²) in [6, 6.07) is 0. The van der Waals surface area contributed by atoms with Gasteiger partial charge in [0, 0.05) is 32.4 Å². The summed E-state index contributed by atoms with van der Waals surface area (Å²) in [4.78, 5) is 36.5. The van der Waals surface area contributed by atoms with E-state index in [1.165, 1.54) is 16.2 Å². The molecular formula is C14H21N5O3S. The van der Waals surface area contributed by atoms with E-state index in [4.69, 9.17) is 0 Å². The SMILES string of the molecule is CCCCc1nnc(NC(=O)CCC(=O)N2CCNC(=O)C2)s1. The van der Waals surface area contributed by atoms with Gasteiger partial charge in [-0.05, 0) is 6.42 Å². The summed E-state index contributed by atoms with van der Waals surface area (Å²) in [6.45, 7) is 3.12. The first-order chi connectivity index (χ1) is 11.1. The van der Waals surface area contributed by atoms with E-state index in [1.807, 2.05) is 0 Å². The first-order valence-electron chi connectivity index (χ1n) is 7.75. The lowest BCUT2D eigenvalue weighted by atomic mass is 10.2. The summed E-state index contributed by atoms with van der Waals surface area (Å²) >= 11 is 1.36. The molecule has 1 fully saturated rings. The molecule has 0 spiro atoms. The van der Waals surface area contributed by atoms with Crippen molar-refractivity contribution in [1.29, 1.82) is 0 Å². The fraction of sp³-hybridized carbons (Fsp3) is 0.643. The molecule has 2 rings (SSSR count). The molecule has 1 saturated heterocycles. The van der Waals surface area contributed by atoms with Gasteiger partial charge in [0.1, 0.15) is 5.01 Å². The Balaban J connectivity index is 1.73. The predicted octanol–water partition coefficient (Wildman–Crippen LogP) is 0.558. The molecule has 23 heavy (non-hydrogen) atoms. The van der Waals surface area contributed by atoms with E-state index < -0.39 is 0 Å². The van der Waals surface area contributed by atoms with Gasteiger partial charge in [0.05, 0.1) is 6.54 Å². The Hall–Kier alpha value is -2.03. The van der Waals surface area contributed by atoms with Crippen molar-refractivity contribution in [2.45, 2.75) is 39.0 Å². The van der Waals surface area contributed by atoms with Crippen LogP contribution >= 0.6 is 11.3 Å². The second kappa shape index (κ2) is 8.56. The Labute approximate surface area is 138 Å². The second-order valence-electron chi connectivity index (χ2n) is 5.32. The topological polar surface area (TPSA) is 104 Å².